The predicted molar refractivity (Wildman–Crippen MR) is 121 cm³/mol. The van der Waals surface area contributed by atoms with Crippen LogP contribution in [0.4, 0.5) is 20.2 Å². The quantitative estimate of drug-likeness (QED) is 0.466. The summed E-state index contributed by atoms with van der Waals surface area (Å²) < 4.78 is 29.8. The highest BCUT2D eigenvalue weighted by Crippen LogP contribution is 2.39. The van der Waals surface area contributed by atoms with Crippen LogP contribution in [0.3, 0.4) is 0 Å². The molecule has 0 radical (unpaired) electrons. The van der Waals surface area contributed by atoms with Crippen molar-refractivity contribution in [2.45, 2.75) is 38.3 Å². The van der Waals surface area contributed by atoms with E-state index in [1.165, 1.54) is 24.3 Å². The van der Waals surface area contributed by atoms with Crippen LogP contribution in [0.1, 0.15) is 36.2 Å². The number of carbonyl (C=O) groups excluding carboxylic acids is 1. The van der Waals surface area contributed by atoms with Crippen molar-refractivity contribution in [3.8, 4) is 17.0 Å². The van der Waals surface area contributed by atoms with Crippen LogP contribution in [-0.2, 0) is 6.42 Å². The van der Waals surface area contributed by atoms with E-state index in [1.807, 2.05) is 18.2 Å². The van der Waals surface area contributed by atoms with E-state index in [0.717, 1.165) is 41.9 Å². The lowest BCUT2D eigenvalue weighted by atomic mass is 9.92. The van der Waals surface area contributed by atoms with E-state index in [4.69, 9.17) is 11.6 Å². The lowest BCUT2D eigenvalue weighted by Crippen LogP contribution is -2.36. The number of H-pyrrole nitrogens is 1. The monoisotopic (exact) mass is 460 g/mol. The zero-order valence-corrected chi connectivity index (χ0v) is 18.4. The van der Waals surface area contributed by atoms with Gasteiger partial charge in [0.1, 0.15) is 5.75 Å². The first-order valence-electron chi connectivity index (χ1n) is 10.3. The van der Waals surface area contributed by atoms with Crippen LogP contribution in [0.25, 0.3) is 11.3 Å². The molecule has 0 atom stereocenters. The highest BCUT2D eigenvalue weighted by atomic mass is 35.5. The predicted octanol–water partition coefficient (Wildman–Crippen LogP) is 5.66. The van der Waals surface area contributed by atoms with Crippen molar-refractivity contribution in [1.82, 2.24) is 10.2 Å². The molecule has 32 heavy (non-hydrogen) atoms. The molecule has 168 valence electrons. The van der Waals surface area contributed by atoms with Gasteiger partial charge < -0.3 is 15.0 Å². The number of halogens is 3. The third-order valence-electron chi connectivity index (χ3n) is 5.34. The number of fused-ring (bicyclic) bond motifs is 1. The van der Waals surface area contributed by atoms with E-state index in [1.54, 1.807) is 6.20 Å². The highest BCUT2D eigenvalue weighted by Gasteiger charge is 2.28. The van der Waals surface area contributed by atoms with E-state index in [0.29, 0.717) is 17.3 Å². The molecule has 0 saturated heterocycles. The maximum atomic E-state index is 13.0. The van der Waals surface area contributed by atoms with Crippen LogP contribution in [0, 0.1) is 0 Å². The number of benzene rings is 2. The van der Waals surface area contributed by atoms with Crippen molar-refractivity contribution in [3.63, 3.8) is 0 Å². The van der Waals surface area contributed by atoms with Gasteiger partial charge >= 0.3 is 5.57 Å². The molecule has 0 fully saturated rings. The Morgan fingerprint density at radius 3 is 2.62 bits per heavy atom. The first-order chi connectivity index (χ1) is 15.2. The second kappa shape index (κ2) is 8.78. The molecule has 4 rings (SSSR count). The van der Waals surface area contributed by atoms with Crippen molar-refractivity contribution in [3.05, 3.63) is 59.8 Å². The molecular formula is C23H23ClF2N4O2. The van der Waals surface area contributed by atoms with Crippen LogP contribution in [0.5, 0.6) is 5.75 Å². The van der Waals surface area contributed by atoms with Crippen molar-refractivity contribution >= 4 is 28.9 Å². The maximum absolute atomic E-state index is 13.0. The molecule has 0 unspecified atom stereocenters. The molecule has 1 aliphatic rings. The summed E-state index contributed by atoms with van der Waals surface area (Å²) in [5.74, 6) is -0.404. The number of ether oxygens (including phenoxy) is 1. The molecule has 3 aromatic rings. The van der Waals surface area contributed by atoms with Crippen molar-refractivity contribution in [1.29, 1.82) is 0 Å². The molecule has 6 nitrogen and oxygen atoms in total. The molecule has 1 aliphatic heterocycles. The van der Waals surface area contributed by atoms with Gasteiger partial charge in [-0.25, -0.2) is 0 Å². The van der Waals surface area contributed by atoms with Gasteiger partial charge in [0.25, 0.3) is 5.91 Å². The largest absolute Gasteiger partial charge is 0.487 e. The topological polar surface area (TPSA) is 70.2 Å². The fourth-order valence-corrected chi connectivity index (χ4v) is 4.07. The minimum atomic E-state index is -3.79. The summed E-state index contributed by atoms with van der Waals surface area (Å²) >= 11 is 4.78. The third-order valence-corrected chi connectivity index (χ3v) is 5.42. The SMILES string of the molecule is CC(C)N1CCCc2cc(C(=O)Nc3ccc(OC(F)(F)Cl)cc3)cc(-c3ccn[nH]3)c21. The van der Waals surface area contributed by atoms with Gasteiger partial charge in [-0.05, 0) is 74.7 Å². The molecule has 0 aliphatic carbocycles. The number of aromatic amines is 1. The third kappa shape index (κ3) is 4.85. The number of anilines is 2. The van der Waals surface area contributed by atoms with Crippen LogP contribution in [0.2, 0.25) is 0 Å². The summed E-state index contributed by atoms with van der Waals surface area (Å²) in [6.07, 6.45) is 3.57. The van der Waals surface area contributed by atoms with Crippen LogP contribution >= 0.6 is 11.6 Å². The molecule has 0 spiro atoms. The fourth-order valence-electron chi connectivity index (χ4n) is 3.98. The summed E-state index contributed by atoms with van der Waals surface area (Å²) in [7, 11) is 0. The van der Waals surface area contributed by atoms with Gasteiger partial charge in [-0.15, -0.1) is 8.78 Å². The Hall–Kier alpha value is -3.13. The number of carbonyl (C=O) groups is 1. The number of hydrogen-bond acceptors (Lipinski definition) is 4. The summed E-state index contributed by atoms with van der Waals surface area (Å²) in [5, 5.41) is 9.89. The molecule has 2 N–H and O–H groups in total. The van der Waals surface area contributed by atoms with Gasteiger partial charge in [0.2, 0.25) is 0 Å². The van der Waals surface area contributed by atoms with E-state index in [9.17, 15) is 13.6 Å². The fraction of sp³-hybridized carbons (Fsp3) is 0.304. The molecule has 2 heterocycles. The molecule has 0 saturated carbocycles. The Morgan fingerprint density at radius 2 is 2.00 bits per heavy atom. The number of aryl methyl sites for hydroxylation is 1. The van der Waals surface area contributed by atoms with Crippen LogP contribution in [0.15, 0.2) is 48.7 Å². The van der Waals surface area contributed by atoms with Gasteiger partial charge in [0.05, 0.1) is 5.69 Å². The molecule has 2 aromatic carbocycles. The highest BCUT2D eigenvalue weighted by molar-refractivity contribution is 6.20. The molecule has 9 heteroatoms. The van der Waals surface area contributed by atoms with Gasteiger partial charge in [-0.1, -0.05) is 0 Å². The number of rotatable bonds is 6. The minimum absolute atomic E-state index is 0.105. The van der Waals surface area contributed by atoms with Gasteiger partial charge in [0.15, 0.2) is 0 Å². The Labute approximate surface area is 189 Å². The lowest BCUT2D eigenvalue weighted by Gasteiger charge is -2.36. The smallest absolute Gasteiger partial charge is 0.420 e. The molecular weight excluding hydrogens is 438 g/mol. The number of alkyl halides is 3. The van der Waals surface area contributed by atoms with Gasteiger partial charge in [-0.3, -0.25) is 9.89 Å². The normalized spacial score (nSPS) is 13.8. The maximum Gasteiger partial charge on any atom is 0.487 e. The summed E-state index contributed by atoms with van der Waals surface area (Å²) in [4.78, 5) is 15.4. The van der Waals surface area contributed by atoms with Crippen molar-refractivity contribution in [2.24, 2.45) is 0 Å². The number of nitrogens with zero attached hydrogens (tertiary/aromatic N) is 2. The zero-order chi connectivity index (χ0) is 22.9. The summed E-state index contributed by atoms with van der Waals surface area (Å²) in [6.45, 7) is 5.26. The Balaban J connectivity index is 1.64. The Morgan fingerprint density at radius 1 is 1.25 bits per heavy atom. The first kappa shape index (κ1) is 22.1. The first-order valence-corrected chi connectivity index (χ1v) is 10.7. The van der Waals surface area contributed by atoms with Gasteiger partial charge in [0, 0.05) is 52.9 Å². The van der Waals surface area contributed by atoms with Crippen molar-refractivity contribution in [2.75, 3.05) is 16.8 Å². The molecule has 0 bridgehead atoms. The Kier molecular flexibility index (Phi) is 6.06. The molecule has 1 aromatic heterocycles. The number of aromatic nitrogens is 2. The van der Waals surface area contributed by atoms with E-state index >= 15 is 0 Å². The van der Waals surface area contributed by atoms with E-state index in [-0.39, 0.29) is 11.7 Å². The second-order valence-corrected chi connectivity index (χ2v) is 8.36. The zero-order valence-electron chi connectivity index (χ0n) is 17.7. The Bertz CT molecular complexity index is 1100. The van der Waals surface area contributed by atoms with Crippen LogP contribution in [-0.4, -0.2) is 34.3 Å². The number of hydrogen-bond donors (Lipinski definition) is 2. The second-order valence-electron chi connectivity index (χ2n) is 7.92. The summed E-state index contributed by atoms with van der Waals surface area (Å²) in [5.41, 5.74) is 1.15. The lowest BCUT2D eigenvalue weighted by molar-refractivity contribution is -0.0964. The summed E-state index contributed by atoms with van der Waals surface area (Å²) in [6, 6.07) is 11.6. The van der Waals surface area contributed by atoms with Gasteiger partial charge in [-0.2, -0.15) is 5.10 Å². The van der Waals surface area contributed by atoms with Crippen molar-refractivity contribution < 1.29 is 18.3 Å². The van der Waals surface area contributed by atoms with E-state index < -0.39 is 5.57 Å². The minimum Gasteiger partial charge on any atom is -0.420 e. The molecule has 1 amide bonds. The average molecular weight is 461 g/mol. The average Bonchev–Trinajstić information content (AvgIpc) is 3.27. The van der Waals surface area contributed by atoms with Crippen LogP contribution < -0.4 is 15.0 Å². The standard InChI is InChI=1S/C23H23ClF2N4O2/c1-14(2)30-11-3-4-15-12-16(13-19(21(15)30)20-9-10-27-29-20)22(31)28-17-5-7-18(8-6-17)32-23(24,25)26/h5-10,12-14H,3-4,11H2,1-2H3,(H,27,29)(H,28,31). The number of nitrogens with one attached hydrogen (secondary N) is 2. The number of amides is 1. The van der Waals surface area contributed by atoms with E-state index in [2.05, 4.69) is 39.0 Å².